The zero-order chi connectivity index (χ0) is 15.2. The Morgan fingerprint density at radius 3 is 2.57 bits per heavy atom. The Kier molecular flexibility index (Phi) is 6.10. The summed E-state index contributed by atoms with van der Waals surface area (Å²) in [5.74, 6) is 0. The van der Waals surface area contributed by atoms with Crippen molar-refractivity contribution in [3.63, 3.8) is 0 Å². The van der Waals surface area contributed by atoms with Crippen molar-refractivity contribution in [1.29, 1.82) is 0 Å². The lowest BCUT2D eigenvalue weighted by Gasteiger charge is -2.20. The molecular formula is C18H21Cl2N. The maximum atomic E-state index is 6.27. The van der Waals surface area contributed by atoms with Crippen LogP contribution in [0.5, 0.6) is 0 Å². The Hall–Kier alpha value is -1.02. The minimum Gasteiger partial charge on any atom is -0.310 e. The van der Waals surface area contributed by atoms with Gasteiger partial charge in [-0.2, -0.15) is 0 Å². The molecule has 0 saturated heterocycles. The smallest absolute Gasteiger partial charge is 0.0438 e. The summed E-state index contributed by atoms with van der Waals surface area (Å²) in [6.45, 7) is 5.18. The molecule has 0 amide bonds. The second-order valence-electron chi connectivity index (χ2n) is 5.35. The predicted molar refractivity (Wildman–Crippen MR) is 92.4 cm³/mol. The first-order chi connectivity index (χ1) is 10.1. The van der Waals surface area contributed by atoms with Gasteiger partial charge in [-0.3, -0.25) is 0 Å². The van der Waals surface area contributed by atoms with E-state index in [1.54, 1.807) is 0 Å². The number of hydrogen-bond acceptors (Lipinski definition) is 1. The fourth-order valence-corrected chi connectivity index (χ4v) is 2.75. The SMILES string of the molecule is CCCNC(Cc1cccc(Cl)c1)c1ccc(C)c(Cl)c1. The van der Waals surface area contributed by atoms with E-state index in [0.717, 1.165) is 35.0 Å². The van der Waals surface area contributed by atoms with E-state index in [9.17, 15) is 0 Å². The maximum Gasteiger partial charge on any atom is 0.0438 e. The summed E-state index contributed by atoms with van der Waals surface area (Å²) in [5, 5.41) is 5.20. The van der Waals surface area contributed by atoms with Gasteiger partial charge in [0.2, 0.25) is 0 Å². The summed E-state index contributed by atoms with van der Waals surface area (Å²) in [4.78, 5) is 0. The number of nitrogens with one attached hydrogen (secondary N) is 1. The first-order valence-corrected chi connectivity index (χ1v) is 8.09. The minimum absolute atomic E-state index is 0.251. The molecule has 0 heterocycles. The van der Waals surface area contributed by atoms with Crippen LogP contribution in [0.25, 0.3) is 0 Å². The molecule has 0 saturated carbocycles. The molecule has 21 heavy (non-hydrogen) atoms. The molecule has 0 spiro atoms. The Labute approximate surface area is 137 Å². The first-order valence-electron chi connectivity index (χ1n) is 7.34. The van der Waals surface area contributed by atoms with Gasteiger partial charge < -0.3 is 5.32 Å². The van der Waals surface area contributed by atoms with E-state index in [4.69, 9.17) is 23.2 Å². The van der Waals surface area contributed by atoms with Gasteiger partial charge in [0, 0.05) is 16.1 Å². The van der Waals surface area contributed by atoms with Crippen LogP contribution in [0.15, 0.2) is 42.5 Å². The zero-order valence-electron chi connectivity index (χ0n) is 12.5. The van der Waals surface area contributed by atoms with E-state index >= 15 is 0 Å². The summed E-state index contributed by atoms with van der Waals surface area (Å²) >= 11 is 12.4. The predicted octanol–water partition coefficient (Wildman–Crippen LogP) is 5.59. The monoisotopic (exact) mass is 321 g/mol. The van der Waals surface area contributed by atoms with Crippen LogP contribution in [0.1, 0.15) is 36.1 Å². The molecular weight excluding hydrogens is 301 g/mol. The molecule has 0 aliphatic heterocycles. The van der Waals surface area contributed by atoms with E-state index in [0.29, 0.717) is 0 Å². The summed E-state index contributed by atoms with van der Waals surface area (Å²) in [6, 6.07) is 14.6. The van der Waals surface area contributed by atoms with Gasteiger partial charge in [-0.1, -0.05) is 54.4 Å². The number of aryl methyl sites for hydroxylation is 1. The van der Waals surface area contributed by atoms with Crippen LogP contribution in [0.4, 0.5) is 0 Å². The summed E-state index contributed by atoms with van der Waals surface area (Å²) in [5.41, 5.74) is 3.56. The molecule has 2 aromatic carbocycles. The first kappa shape index (κ1) is 16.4. The zero-order valence-corrected chi connectivity index (χ0v) is 14.0. The van der Waals surface area contributed by atoms with Gasteiger partial charge in [0.05, 0.1) is 0 Å². The molecule has 3 heteroatoms. The Morgan fingerprint density at radius 1 is 1.10 bits per heavy atom. The molecule has 1 atom stereocenters. The van der Waals surface area contributed by atoms with Gasteiger partial charge in [-0.15, -0.1) is 0 Å². The lowest BCUT2D eigenvalue weighted by atomic mass is 9.98. The van der Waals surface area contributed by atoms with Crippen LogP contribution in [0.3, 0.4) is 0 Å². The number of hydrogen-bond donors (Lipinski definition) is 1. The van der Waals surface area contributed by atoms with Crippen molar-refractivity contribution in [3.05, 3.63) is 69.2 Å². The summed E-state index contributed by atoms with van der Waals surface area (Å²) in [6.07, 6.45) is 2.01. The molecule has 0 aromatic heterocycles. The van der Waals surface area contributed by atoms with Gasteiger partial charge in [-0.05, 0) is 61.2 Å². The lowest BCUT2D eigenvalue weighted by molar-refractivity contribution is 0.529. The Morgan fingerprint density at radius 2 is 1.90 bits per heavy atom. The van der Waals surface area contributed by atoms with E-state index < -0.39 is 0 Å². The topological polar surface area (TPSA) is 12.0 Å². The highest BCUT2D eigenvalue weighted by Gasteiger charge is 2.13. The van der Waals surface area contributed by atoms with Crippen LogP contribution in [0.2, 0.25) is 10.0 Å². The van der Waals surface area contributed by atoms with Crippen LogP contribution in [-0.2, 0) is 6.42 Å². The van der Waals surface area contributed by atoms with E-state index in [2.05, 4.69) is 36.5 Å². The van der Waals surface area contributed by atoms with Crippen molar-refractivity contribution in [2.45, 2.75) is 32.7 Å². The second kappa shape index (κ2) is 7.84. The third-order valence-electron chi connectivity index (χ3n) is 3.57. The molecule has 2 aromatic rings. The molecule has 1 unspecified atom stereocenters. The molecule has 1 nitrogen and oxygen atoms in total. The van der Waals surface area contributed by atoms with Crippen LogP contribution in [0, 0.1) is 6.92 Å². The van der Waals surface area contributed by atoms with Crippen LogP contribution in [-0.4, -0.2) is 6.54 Å². The number of halogens is 2. The highest BCUT2D eigenvalue weighted by atomic mass is 35.5. The van der Waals surface area contributed by atoms with Crippen molar-refractivity contribution in [2.75, 3.05) is 6.54 Å². The van der Waals surface area contributed by atoms with Gasteiger partial charge in [0.15, 0.2) is 0 Å². The van der Waals surface area contributed by atoms with E-state index in [1.165, 1.54) is 11.1 Å². The second-order valence-corrected chi connectivity index (χ2v) is 6.19. The van der Waals surface area contributed by atoms with E-state index in [1.807, 2.05) is 25.1 Å². The average Bonchev–Trinajstić information content (AvgIpc) is 2.46. The average molecular weight is 322 g/mol. The van der Waals surface area contributed by atoms with Crippen molar-refractivity contribution in [2.24, 2.45) is 0 Å². The van der Waals surface area contributed by atoms with Crippen molar-refractivity contribution in [1.82, 2.24) is 5.32 Å². The lowest BCUT2D eigenvalue weighted by Crippen LogP contribution is -2.24. The number of rotatable bonds is 6. The molecule has 0 aliphatic rings. The molecule has 0 aliphatic carbocycles. The summed E-state index contributed by atoms with van der Waals surface area (Å²) < 4.78 is 0. The number of benzene rings is 2. The fraction of sp³-hybridized carbons (Fsp3) is 0.333. The maximum absolute atomic E-state index is 6.27. The van der Waals surface area contributed by atoms with Crippen LogP contribution < -0.4 is 5.32 Å². The van der Waals surface area contributed by atoms with Gasteiger partial charge >= 0.3 is 0 Å². The minimum atomic E-state index is 0.251. The third-order valence-corrected chi connectivity index (χ3v) is 4.21. The quantitative estimate of drug-likeness (QED) is 0.731. The molecule has 0 fully saturated rings. The van der Waals surface area contributed by atoms with E-state index in [-0.39, 0.29) is 6.04 Å². The molecule has 1 N–H and O–H groups in total. The molecule has 0 bridgehead atoms. The highest BCUT2D eigenvalue weighted by molar-refractivity contribution is 6.31. The molecule has 2 rings (SSSR count). The van der Waals surface area contributed by atoms with Gasteiger partial charge in [-0.25, -0.2) is 0 Å². The van der Waals surface area contributed by atoms with Gasteiger partial charge in [0.1, 0.15) is 0 Å². The van der Waals surface area contributed by atoms with Crippen molar-refractivity contribution < 1.29 is 0 Å². The third kappa shape index (κ3) is 4.74. The van der Waals surface area contributed by atoms with Crippen LogP contribution >= 0.6 is 23.2 Å². The standard InChI is InChI=1S/C18H21Cl2N/c1-3-9-21-18(11-14-5-4-6-16(19)10-14)15-8-7-13(2)17(20)12-15/h4-8,10,12,18,21H,3,9,11H2,1-2H3. The highest BCUT2D eigenvalue weighted by Crippen LogP contribution is 2.25. The molecule has 112 valence electrons. The van der Waals surface area contributed by atoms with Crippen molar-refractivity contribution in [3.8, 4) is 0 Å². The van der Waals surface area contributed by atoms with Crippen molar-refractivity contribution >= 4 is 23.2 Å². The molecule has 0 radical (unpaired) electrons. The normalized spacial score (nSPS) is 12.4. The van der Waals surface area contributed by atoms with Gasteiger partial charge in [0.25, 0.3) is 0 Å². The largest absolute Gasteiger partial charge is 0.310 e. The Bertz CT molecular complexity index is 596. The fourth-order valence-electron chi connectivity index (χ4n) is 2.35. The summed E-state index contributed by atoms with van der Waals surface area (Å²) in [7, 11) is 0. The Balaban J connectivity index is 2.22.